The third-order valence-electron chi connectivity index (χ3n) is 5.90. The molecule has 2 aromatic carbocycles. The molecule has 1 N–H and O–H groups in total. The van der Waals surface area contributed by atoms with Crippen LogP contribution in [-0.4, -0.2) is 31.7 Å². The van der Waals surface area contributed by atoms with Crippen molar-refractivity contribution < 1.29 is 13.2 Å². The number of fused-ring (bicyclic) bond motifs is 1. The Morgan fingerprint density at radius 3 is 2.41 bits per heavy atom. The zero-order chi connectivity index (χ0) is 20.4. The minimum atomic E-state index is -3.61. The molecule has 0 bridgehead atoms. The van der Waals surface area contributed by atoms with Crippen LogP contribution in [0.1, 0.15) is 42.0 Å². The second-order valence-corrected chi connectivity index (χ2v) is 9.55. The summed E-state index contributed by atoms with van der Waals surface area (Å²) >= 11 is 0. The number of nitrogens with one attached hydrogen (secondary N) is 1. The van der Waals surface area contributed by atoms with Crippen molar-refractivity contribution in [2.75, 3.05) is 13.1 Å². The minimum Gasteiger partial charge on any atom is -0.349 e. The fourth-order valence-electron chi connectivity index (χ4n) is 4.21. The van der Waals surface area contributed by atoms with E-state index in [-0.39, 0.29) is 22.8 Å². The van der Waals surface area contributed by atoms with Gasteiger partial charge in [-0.3, -0.25) is 4.79 Å². The number of amides is 1. The van der Waals surface area contributed by atoms with Crippen LogP contribution >= 0.6 is 0 Å². The molecule has 1 aliphatic carbocycles. The normalized spacial score (nSPS) is 20.0. The van der Waals surface area contributed by atoms with Crippen LogP contribution in [0.5, 0.6) is 0 Å². The number of hydrogen-bond donors (Lipinski definition) is 1. The quantitative estimate of drug-likeness (QED) is 0.841. The molecule has 1 amide bonds. The van der Waals surface area contributed by atoms with Crippen molar-refractivity contribution in [2.24, 2.45) is 5.92 Å². The molecule has 0 aromatic heterocycles. The maximum Gasteiger partial charge on any atom is 0.243 e. The number of aryl methyl sites for hydroxylation is 1. The number of carbonyl (C=O) groups is 1. The van der Waals surface area contributed by atoms with Crippen LogP contribution < -0.4 is 5.32 Å². The van der Waals surface area contributed by atoms with Gasteiger partial charge in [0.25, 0.3) is 0 Å². The maximum atomic E-state index is 12.8. The Balaban J connectivity index is 1.36. The van der Waals surface area contributed by atoms with Gasteiger partial charge in [0.1, 0.15) is 0 Å². The van der Waals surface area contributed by atoms with Crippen LogP contribution in [0, 0.1) is 17.2 Å². The maximum absolute atomic E-state index is 12.8. The molecule has 0 radical (unpaired) electrons. The van der Waals surface area contributed by atoms with E-state index in [0.29, 0.717) is 31.5 Å². The van der Waals surface area contributed by atoms with Gasteiger partial charge in [0.05, 0.1) is 22.6 Å². The van der Waals surface area contributed by atoms with Crippen LogP contribution in [0.2, 0.25) is 0 Å². The molecule has 0 saturated carbocycles. The third-order valence-corrected chi connectivity index (χ3v) is 7.81. The van der Waals surface area contributed by atoms with E-state index in [1.165, 1.54) is 39.7 Å². The van der Waals surface area contributed by atoms with Crippen molar-refractivity contribution in [2.45, 2.75) is 36.6 Å². The second-order valence-electron chi connectivity index (χ2n) is 7.61. The average molecular weight is 410 g/mol. The second kappa shape index (κ2) is 7.97. The summed E-state index contributed by atoms with van der Waals surface area (Å²) in [6.45, 7) is 0.642. The molecule has 2 aromatic rings. The van der Waals surface area contributed by atoms with Crippen LogP contribution in [0.3, 0.4) is 0 Å². The lowest BCUT2D eigenvalue weighted by Crippen LogP contribution is -2.43. The Morgan fingerprint density at radius 2 is 1.72 bits per heavy atom. The lowest BCUT2D eigenvalue weighted by Gasteiger charge is -2.31. The molecule has 4 rings (SSSR count). The molecule has 1 heterocycles. The summed E-state index contributed by atoms with van der Waals surface area (Å²) in [7, 11) is -3.61. The highest BCUT2D eigenvalue weighted by Crippen LogP contribution is 2.32. The highest BCUT2D eigenvalue weighted by atomic mass is 32.2. The average Bonchev–Trinajstić information content (AvgIpc) is 3.16. The minimum absolute atomic E-state index is 0.0159. The van der Waals surface area contributed by atoms with E-state index in [1.54, 1.807) is 0 Å². The van der Waals surface area contributed by atoms with Crippen LogP contribution in [-0.2, 0) is 21.2 Å². The topological polar surface area (TPSA) is 90.3 Å². The van der Waals surface area contributed by atoms with Gasteiger partial charge in [-0.25, -0.2) is 8.42 Å². The van der Waals surface area contributed by atoms with Crippen LogP contribution in [0.4, 0.5) is 0 Å². The Kier molecular flexibility index (Phi) is 5.39. The molecule has 2 aliphatic rings. The number of nitrogens with zero attached hydrogens (tertiary/aromatic N) is 2. The van der Waals surface area contributed by atoms with Crippen molar-refractivity contribution in [3.63, 3.8) is 0 Å². The molecular formula is C22H23N3O3S. The van der Waals surface area contributed by atoms with Gasteiger partial charge in [-0.05, 0) is 61.1 Å². The predicted octanol–water partition coefficient (Wildman–Crippen LogP) is 2.76. The molecule has 150 valence electrons. The molecule has 0 spiro atoms. The first-order chi connectivity index (χ1) is 14.0. The summed E-state index contributed by atoms with van der Waals surface area (Å²) in [5, 5.41) is 12.0. The zero-order valence-electron chi connectivity index (χ0n) is 16.0. The first-order valence-electron chi connectivity index (χ1n) is 9.87. The summed E-state index contributed by atoms with van der Waals surface area (Å²) in [6, 6.07) is 16.2. The Labute approximate surface area is 171 Å². The number of rotatable bonds is 4. The number of nitriles is 1. The summed E-state index contributed by atoms with van der Waals surface area (Å²) < 4.78 is 27.1. The van der Waals surface area contributed by atoms with Crippen LogP contribution in [0.15, 0.2) is 53.4 Å². The lowest BCUT2D eigenvalue weighted by molar-refractivity contribution is -0.126. The SMILES string of the molecule is N#Cc1ccc(S(=O)(=O)N2CCC(C(=O)NC3CCc4ccccc43)CC2)cc1. The van der Waals surface area contributed by atoms with Gasteiger partial charge in [0.2, 0.25) is 15.9 Å². The predicted molar refractivity (Wildman–Crippen MR) is 108 cm³/mol. The van der Waals surface area contributed by atoms with Crippen molar-refractivity contribution in [1.82, 2.24) is 9.62 Å². The first-order valence-corrected chi connectivity index (χ1v) is 11.3. The number of carbonyl (C=O) groups excluding carboxylic acids is 1. The first kappa shape index (κ1) is 19.6. The van der Waals surface area contributed by atoms with E-state index >= 15 is 0 Å². The van der Waals surface area contributed by atoms with E-state index in [0.717, 1.165) is 12.8 Å². The summed E-state index contributed by atoms with van der Waals surface area (Å²) in [5.41, 5.74) is 2.91. The Morgan fingerprint density at radius 1 is 1.03 bits per heavy atom. The van der Waals surface area contributed by atoms with Gasteiger partial charge < -0.3 is 5.32 Å². The van der Waals surface area contributed by atoms with Crippen molar-refractivity contribution in [3.8, 4) is 6.07 Å². The molecule has 1 aliphatic heterocycles. The van der Waals surface area contributed by atoms with E-state index < -0.39 is 10.0 Å². The summed E-state index contributed by atoms with van der Waals surface area (Å²) in [6.07, 6.45) is 2.91. The largest absolute Gasteiger partial charge is 0.349 e. The van der Waals surface area contributed by atoms with E-state index in [2.05, 4.69) is 17.4 Å². The van der Waals surface area contributed by atoms with Crippen molar-refractivity contribution >= 4 is 15.9 Å². The number of sulfonamides is 1. The van der Waals surface area contributed by atoms with E-state index in [9.17, 15) is 13.2 Å². The van der Waals surface area contributed by atoms with Crippen molar-refractivity contribution in [1.29, 1.82) is 5.26 Å². The van der Waals surface area contributed by atoms with E-state index in [1.807, 2.05) is 18.2 Å². The van der Waals surface area contributed by atoms with Gasteiger partial charge in [-0.15, -0.1) is 0 Å². The third kappa shape index (κ3) is 3.91. The van der Waals surface area contributed by atoms with Crippen LogP contribution in [0.25, 0.3) is 0 Å². The molecule has 1 unspecified atom stereocenters. The molecule has 29 heavy (non-hydrogen) atoms. The van der Waals surface area contributed by atoms with Gasteiger partial charge in [-0.2, -0.15) is 9.57 Å². The van der Waals surface area contributed by atoms with Gasteiger partial charge in [0, 0.05) is 19.0 Å². The highest BCUT2D eigenvalue weighted by Gasteiger charge is 2.33. The molecule has 6 nitrogen and oxygen atoms in total. The molecule has 1 atom stereocenters. The monoisotopic (exact) mass is 409 g/mol. The summed E-state index contributed by atoms with van der Waals surface area (Å²) in [5.74, 6) is -0.155. The standard InChI is InChI=1S/C22H23N3O3S/c23-15-16-5-8-19(9-6-16)29(27,28)25-13-11-18(12-14-25)22(26)24-21-10-7-17-3-1-2-4-20(17)21/h1-6,8-9,18,21H,7,10-14H2,(H,24,26). The van der Waals surface area contributed by atoms with Crippen molar-refractivity contribution in [3.05, 3.63) is 65.2 Å². The van der Waals surface area contributed by atoms with Gasteiger partial charge in [0.15, 0.2) is 0 Å². The Hall–Kier alpha value is -2.69. The number of piperidine rings is 1. The fourth-order valence-corrected chi connectivity index (χ4v) is 5.68. The van der Waals surface area contributed by atoms with E-state index in [4.69, 9.17) is 5.26 Å². The van der Waals surface area contributed by atoms with Gasteiger partial charge in [-0.1, -0.05) is 24.3 Å². The molecule has 1 fully saturated rings. The fraction of sp³-hybridized carbons (Fsp3) is 0.364. The molecular weight excluding hydrogens is 386 g/mol. The number of hydrogen-bond acceptors (Lipinski definition) is 4. The smallest absolute Gasteiger partial charge is 0.243 e. The lowest BCUT2D eigenvalue weighted by atomic mass is 9.96. The molecule has 7 heteroatoms. The Bertz CT molecular complexity index is 1050. The summed E-state index contributed by atoms with van der Waals surface area (Å²) in [4.78, 5) is 12.9. The number of benzene rings is 2. The zero-order valence-corrected chi connectivity index (χ0v) is 16.9. The van der Waals surface area contributed by atoms with Gasteiger partial charge >= 0.3 is 0 Å². The highest BCUT2D eigenvalue weighted by molar-refractivity contribution is 7.89. The molecule has 1 saturated heterocycles.